The summed E-state index contributed by atoms with van der Waals surface area (Å²) in [5, 5.41) is 0. The van der Waals surface area contributed by atoms with Crippen LogP contribution in [-0.2, 0) is 4.79 Å². The summed E-state index contributed by atoms with van der Waals surface area (Å²) >= 11 is 6.81. The molecule has 1 fully saturated rings. The maximum Gasteiger partial charge on any atom is 0.270 e. The second kappa shape index (κ2) is 10.0. The van der Waals surface area contributed by atoms with Crippen molar-refractivity contribution in [1.82, 2.24) is 0 Å². The second-order valence-electron chi connectivity index (χ2n) is 7.37. The minimum absolute atomic E-state index is 0.106. The van der Waals surface area contributed by atoms with E-state index in [4.69, 9.17) is 21.7 Å². The highest BCUT2D eigenvalue weighted by Crippen LogP contribution is 2.36. The Bertz CT molecular complexity index is 1170. The zero-order valence-electron chi connectivity index (χ0n) is 17.9. The number of carbonyl (C=O) groups excluding carboxylic acids is 1. The molecule has 4 nitrogen and oxygen atoms in total. The van der Waals surface area contributed by atoms with Gasteiger partial charge in [-0.25, -0.2) is 0 Å². The summed E-state index contributed by atoms with van der Waals surface area (Å²) in [4.78, 5) is 15.2. The Morgan fingerprint density at radius 2 is 1.59 bits per heavy atom. The Balaban J connectivity index is 1.41. The van der Waals surface area contributed by atoms with E-state index in [2.05, 4.69) is 0 Å². The average molecular weight is 462 g/mol. The van der Waals surface area contributed by atoms with Crippen molar-refractivity contribution in [2.45, 2.75) is 13.8 Å². The summed E-state index contributed by atoms with van der Waals surface area (Å²) in [6.07, 6.45) is 1.85. The minimum atomic E-state index is -0.106. The summed E-state index contributed by atoms with van der Waals surface area (Å²) in [6, 6.07) is 23.2. The lowest BCUT2D eigenvalue weighted by Crippen LogP contribution is -2.27. The predicted molar refractivity (Wildman–Crippen MR) is 135 cm³/mol. The van der Waals surface area contributed by atoms with E-state index >= 15 is 0 Å². The number of amides is 1. The first-order chi connectivity index (χ1) is 15.5. The summed E-state index contributed by atoms with van der Waals surface area (Å²) in [5.74, 6) is 1.43. The van der Waals surface area contributed by atoms with Crippen LogP contribution >= 0.6 is 24.0 Å². The maximum absolute atomic E-state index is 13.0. The van der Waals surface area contributed by atoms with Crippen LogP contribution in [0.2, 0.25) is 0 Å². The van der Waals surface area contributed by atoms with Gasteiger partial charge in [-0.2, -0.15) is 0 Å². The summed E-state index contributed by atoms with van der Waals surface area (Å²) < 4.78 is 12.0. The van der Waals surface area contributed by atoms with Gasteiger partial charge in [0.25, 0.3) is 5.91 Å². The molecule has 3 aromatic rings. The van der Waals surface area contributed by atoms with Crippen LogP contribution in [-0.4, -0.2) is 23.4 Å². The van der Waals surface area contributed by atoms with Crippen LogP contribution in [0, 0.1) is 13.8 Å². The van der Waals surface area contributed by atoms with Crippen molar-refractivity contribution < 1.29 is 14.3 Å². The molecule has 0 bridgehead atoms. The molecule has 0 aliphatic carbocycles. The van der Waals surface area contributed by atoms with Crippen LogP contribution < -0.4 is 14.4 Å². The van der Waals surface area contributed by atoms with Crippen LogP contribution in [0.4, 0.5) is 5.69 Å². The van der Waals surface area contributed by atoms with Crippen LogP contribution in [0.15, 0.2) is 77.7 Å². The first kappa shape index (κ1) is 22.1. The van der Waals surface area contributed by atoms with Crippen molar-refractivity contribution in [1.29, 1.82) is 0 Å². The number of carbonyl (C=O) groups is 1. The number of para-hydroxylation sites is 1. The monoisotopic (exact) mass is 461 g/mol. The molecular weight excluding hydrogens is 438 g/mol. The Morgan fingerprint density at radius 1 is 0.875 bits per heavy atom. The van der Waals surface area contributed by atoms with Crippen molar-refractivity contribution in [3.63, 3.8) is 0 Å². The van der Waals surface area contributed by atoms with Crippen molar-refractivity contribution in [2.75, 3.05) is 18.1 Å². The highest BCUT2D eigenvalue weighted by atomic mass is 32.2. The third kappa shape index (κ3) is 5.21. The molecule has 162 valence electrons. The molecular formula is C26H23NO3S2. The molecule has 0 saturated carbocycles. The fourth-order valence-corrected chi connectivity index (χ4v) is 4.54. The standard InChI is InChI=1S/C26H23NO3S2/c1-18-11-12-21(15-19(18)2)27-25(28)24(32-26(27)31)17-20-7-6-10-23(16-20)30-14-13-29-22-8-4-3-5-9-22/h3-12,15-17H,13-14H2,1-2H3. The van der Waals surface area contributed by atoms with E-state index in [1.165, 1.54) is 17.3 Å². The molecule has 0 N–H and O–H groups in total. The number of hydrogen-bond donors (Lipinski definition) is 0. The van der Waals surface area contributed by atoms with Gasteiger partial charge in [0.1, 0.15) is 24.7 Å². The maximum atomic E-state index is 13.0. The lowest BCUT2D eigenvalue weighted by Gasteiger charge is -2.15. The van der Waals surface area contributed by atoms with Gasteiger partial charge in [-0.05, 0) is 73.0 Å². The number of benzene rings is 3. The molecule has 0 aromatic heterocycles. The number of thiocarbonyl (C=S) groups is 1. The van der Waals surface area contributed by atoms with Crippen LogP contribution in [0.3, 0.4) is 0 Å². The Morgan fingerprint density at radius 3 is 2.34 bits per heavy atom. The second-order valence-corrected chi connectivity index (χ2v) is 9.04. The van der Waals surface area contributed by atoms with Gasteiger partial charge in [-0.1, -0.05) is 60.4 Å². The normalized spacial score (nSPS) is 14.8. The zero-order chi connectivity index (χ0) is 22.5. The number of anilines is 1. The molecule has 0 unspecified atom stereocenters. The Hall–Kier alpha value is -3.09. The SMILES string of the molecule is Cc1ccc(N2C(=O)C(=Cc3cccc(OCCOc4ccccc4)c3)SC2=S)cc1C. The van der Waals surface area contributed by atoms with E-state index in [1.807, 2.05) is 92.7 Å². The van der Waals surface area contributed by atoms with E-state index in [0.717, 1.165) is 28.3 Å². The van der Waals surface area contributed by atoms with Crippen LogP contribution in [0.1, 0.15) is 16.7 Å². The highest BCUT2D eigenvalue weighted by molar-refractivity contribution is 8.27. The zero-order valence-corrected chi connectivity index (χ0v) is 19.5. The molecule has 32 heavy (non-hydrogen) atoms. The summed E-state index contributed by atoms with van der Waals surface area (Å²) in [6.45, 7) is 4.95. The smallest absolute Gasteiger partial charge is 0.270 e. The quantitative estimate of drug-likeness (QED) is 0.239. The first-order valence-electron chi connectivity index (χ1n) is 10.3. The molecule has 1 saturated heterocycles. The molecule has 1 aliphatic heterocycles. The van der Waals surface area contributed by atoms with Gasteiger partial charge in [0, 0.05) is 0 Å². The average Bonchev–Trinajstić information content (AvgIpc) is 3.07. The number of thioether (sulfide) groups is 1. The number of rotatable bonds is 7. The Kier molecular flexibility index (Phi) is 6.93. The third-order valence-electron chi connectivity index (χ3n) is 5.06. The van der Waals surface area contributed by atoms with Crippen molar-refractivity contribution >= 4 is 46.0 Å². The molecule has 1 aliphatic rings. The third-order valence-corrected chi connectivity index (χ3v) is 6.36. The lowest BCUT2D eigenvalue weighted by molar-refractivity contribution is -0.113. The van der Waals surface area contributed by atoms with E-state index in [9.17, 15) is 4.79 Å². The van der Waals surface area contributed by atoms with Crippen molar-refractivity contribution in [2.24, 2.45) is 0 Å². The van der Waals surface area contributed by atoms with E-state index in [0.29, 0.717) is 22.4 Å². The van der Waals surface area contributed by atoms with Crippen molar-refractivity contribution in [3.05, 3.63) is 94.4 Å². The first-order valence-corrected chi connectivity index (χ1v) is 11.5. The summed E-state index contributed by atoms with van der Waals surface area (Å²) in [5.41, 5.74) is 3.99. The van der Waals surface area contributed by atoms with Gasteiger partial charge in [0.2, 0.25) is 0 Å². The molecule has 3 aromatic carbocycles. The molecule has 4 rings (SSSR count). The molecule has 1 amide bonds. The van der Waals surface area contributed by atoms with Crippen LogP contribution in [0.25, 0.3) is 6.08 Å². The Labute approximate surface area is 197 Å². The molecule has 0 atom stereocenters. The van der Waals surface area contributed by atoms with E-state index in [-0.39, 0.29) is 5.91 Å². The fraction of sp³-hybridized carbons (Fsp3) is 0.154. The molecule has 6 heteroatoms. The highest BCUT2D eigenvalue weighted by Gasteiger charge is 2.33. The van der Waals surface area contributed by atoms with Gasteiger partial charge in [0.05, 0.1) is 10.6 Å². The van der Waals surface area contributed by atoms with E-state index < -0.39 is 0 Å². The topological polar surface area (TPSA) is 38.8 Å². The molecule has 0 radical (unpaired) electrons. The van der Waals surface area contributed by atoms with Crippen molar-refractivity contribution in [3.8, 4) is 11.5 Å². The van der Waals surface area contributed by atoms with Gasteiger partial charge in [-0.3, -0.25) is 9.69 Å². The number of aryl methyl sites for hydroxylation is 2. The molecule has 0 spiro atoms. The number of ether oxygens (including phenoxy) is 2. The lowest BCUT2D eigenvalue weighted by atomic mass is 10.1. The van der Waals surface area contributed by atoms with Gasteiger partial charge >= 0.3 is 0 Å². The van der Waals surface area contributed by atoms with Gasteiger partial charge in [-0.15, -0.1) is 0 Å². The number of hydrogen-bond acceptors (Lipinski definition) is 5. The fourth-order valence-electron chi connectivity index (χ4n) is 3.24. The van der Waals surface area contributed by atoms with Gasteiger partial charge in [0.15, 0.2) is 4.32 Å². The minimum Gasteiger partial charge on any atom is -0.490 e. The number of nitrogens with zero attached hydrogens (tertiary/aromatic N) is 1. The van der Waals surface area contributed by atoms with E-state index in [1.54, 1.807) is 4.90 Å². The predicted octanol–water partition coefficient (Wildman–Crippen LogP) is 6.17. The largest absolute Gasteiger partial charge is 0.490 e. The van der Waals surface area contributed by atoms with Crippen LogP contribution in [0.5, 0.6) is 11.5 Å². The summed E-state index contributed by atoms with van der Waals surface area (Å²) in [7, 11) is 0. The molecule has 1 heterocycles. The van der Waals surface area contributed by atoms with Gasteiger partial charge < -0.3 is 9.47 Å².